The van der Waals surface area contributed by atoms with Crippen molar-refractivity contribution in [2.75, 3.05) is 13.1 Å². The van der Waals surface area contributed by atoms with Gasteiger partial charge in [-0.05, 0) is 39.3 Å². The van der Waals surface area contributed by atoms with Gasteiger partial charge in [0.1, 0.15) is 0 Å². The molecule has 0 spiro atoms. The summed E-state index contributed by atoms with van der Waals surface area (Å²) in [5.74, 6) is 0. The monoisotopic (exact) mass is 227 g/mol. The highest BCUT2D eigenvalue weighted by Gasteiger charge is 2.17. The van der Waals surface area contributed by atoms with Gasteiger partial charge in [-0.15, -0.1) is 0 Å². The molecular formula is C13H25NO2. The summed E-state index contributed by atoms with van der Waals surface area (Å²) in [6.45, 7) is 10.6. The van der Waals surface area contributed by atoms with E-state index in [2.05, 4.69) is 11.9 Å². The topological polar surface area (TPSA) is 52.5 Å². The van der Waals surface area contributed by atoms with Crippen LogP contribution >= 0.6 is 0 Å². The Morgan fingerprint density at radius 1 is 1.50 bits per heavy atom. The largest absolute Gasteiger partial charge is 0.393 e. The first-order valence-electron chi connectivity index (χ1n) is 5.78. The molecule has 0 aromatic heterocycles. The number of hydrogen-bond donors (Lipinski definition) is 3. The summed E-state index contributed by atoms with van der Waals surface area (Å²) in [5, 5.41) is 22.4. The Morgan fingerprint density at radius 3 is 2.56 bits per heavy atom. The minimum Gasteiger partial charge on any atom is -0.393 e. The molecule has 0 saturated heterocycles. The molecule has 1 unspecified atom stereocenters. The molecule has 0 fully saturated rings. The average molecular weight is 227 g/mol. The third kappa shape index (κ3) is 8.65. The summed E-state index contributed by atoms with van der Waals surface area (Å²) >= 11 is 0. The van der Waals surface area contributed by atoms with Gasteiger partial charge in [-0.25, -0.2) is 0 Å². The van der Waals surface area contributed by atoms with Crippen molar-refractivity contribution < 1.29 is 10.2 Å². The standard InChI is InChI=1S/C13H25NO2/c1-5-11(6-2)10-14-8-7-12(15)9-13(3,4)16/h5-6,12,14-16H,1,7-10H2,2-4H3/b11-6+. The van der Waals surface area contributed by atoms with Crippen LogP contribution in [0.5, 0.6) is 0 Å². The van der Waals surface area contributed by atoms with Crippen molar-refractivity contribution >= 4 is 0 Å². The molecule has 16 heavy (non-hydrogen) atoms. The van der Waals surface area contributed by atoms with Gasteiger partial charge in [-0.1, -0.05) is 18.7 Å². The number of allylic oxidation sites excluding steroid dienone is 1. The lowest BCUT2D eigenvalue weighted by Crippen LogP contribution is -2.29. The van der Waals surface area contributed by atoms with Crippen LogP contribution in [0.25, 0.3) is 0 Å². The SMILES string of the molecule is C=C/C(=C\C)CNCCC(O)CC(C)(C)O. The molecule has 0 heterocycles. The van der Waals surface area contributed by atoms with E-state index in [1.165, 1.54) is 0 Å². The fourth-order valence-electron chi connectivity index (χ4n) is 1.47. The van der Waals surface area contributed by atoms with Crippen molar-refractivity contribution in [3.8, 4) is 0 Å². The van der Waals surface area contributed by atoms with Crippen LogP contribution in [0.15, 0.2) is 24.3 Å². The van der Waals surface area contributed by atoms with Crippen molar-refractivity contribution in [3.63, 3.8) is 0 Å². The Kier molecular flexibility index (Phi) is 7.30. The minimum atomic E-state index is -0.797. The van der Waals surface area contributed by atoms with E-state index < -0.39 is 11.7 Å². The molecular weight excluding hydrogens is 202 g/mol. The molecule has 0 saturated carbocycles. The molecule has 0 aliphatic rings. The Hall–Kier alpha value is -0.640. The first kappa shape index (κ1) is 15.4. The Balaban J connectivity index is 3.63. The normalized spacial score (nSPS) is 14.9. The Labute approximate surface area is 98.9 Å². The second-order valence-electron chi connectivity index (χ2n) is 4.70. The van der Waals surface area contributed by atoms with Crippen LogP contribution in [0.1, 0.15) is 33.6 Å². The Bertz CT molecular complexity index is 229. The van der Waals surface area contributed by atoms with Gasteiger partial charge in [0.15, 0.2) is 0 Å². The van der Waals surface area contributed by atoms with Gasteiger partial charge in [-0.3, -0.25) is 0 Å². The molecule has 94 valence electrons. The lowest BCUT2D eigenvalue weighted by atomic mass is 9.99. The molecule has 0 rings (SSSR count). The van der Waals surface area contributed by atoms with Crippen LogP contribution in [-0.4, -0.2) is 35.0 Å². The number of aliphatic hydroxyl groups is 2. The quantitative estimate of drug-likeness (QED) is 0.436. The van der Waals surface area contributed by atoms with Crippen molar-refractivity contribution in [1.82, 2.24) is 5.32 Å². The zero-order chi connectivity index (χ0) is 12.6. The fraction of sp³-hybridized carbons (Fsp3) is 0.692. The van der Waals surface area contributed by atoms with E-state index in [0.29, 0.717) is 12.8 Å². The maximum atomic E-state index is 9.63. The van der Waals surface area contributed by atoms with E-state index in [0.717, 1.165) is 18.7 Å². The van der Waals surface area contributed by atoms with Crippen molar-refractivity contribution in [1.29, 1.82) is 0 Å². The molecule has 0 aliphatic carbocycles. The van der Waals surface area contributed by atoms with Crippen molar-refractivity contribution in [2.24, 2.45) is 0 Å². The van der Waals surface area contributed by atoms with Crippen molar-refractivity contribution in [2.45, 2.75) is 45.3 Å². The smallest absolute Gasteiger partial charge is 0.0616 e. The summed E-state index contributed by atoms with van der Waals surface area (Å²) in [4.78, 5) is 0. The van der Waals surface area contributed by atoms with Gasteiger partial charge >= 0.3 is 0 Å². The van der Waals surface area contributed by atoms with Crippen LogP contribution in [-0.2, 0) is 0 Å². The number of hydrogen-bond acceptors (Lipinski definition) is 3. The van der Waals surface area contributed by atoms with Crippen LogP contribution < -0.4 is 5.32 Å². The van der Waals surface area contributed by atoms with Crippen LogP contribution in [0.3, 0.4) is 0 Å². The summed E-state index contributed by atoms with van der Waals surface area (Å²) in [5.41, 5.74) is 0.353. The zero-order valence-electron chi connectivity index (χ0n) is 10.7. The fourth-order valence-corrected chi connectivity index (χ4v) is 1.47. The zero-order valence-corrected chi connectivity index (χ0v) is 10.7. The molecule has 3 N–H and O–H groups in total. The number of aliphatic hydroxyl groups excluding tert-OH is 1. The predicted molar refractivity (Wildman–Crippen MR) is 68.4 cm³/mol. The highest BCUT2D eigenvalue weighted by atomic mass is 16.3. The summed E-state index contributed by atoms with van der Waals surface area (Å²) in [7, 11) is 0. The molecule has 0 radical (unpaired) electrons. The lowest BCUT2D eigenvalue weighted by Gasteiger charge is -2.21. The number of rotatable bonds is 8. The second kappa shape index (κ2) is 7.60. The van der Waals surface area contributed by atoms with Crippen molar-refractivity contribution in [3.05, 3.63) is 24.3 Å². The first-order chi connectivity index (χ1) is 7.39. The maximum absolute atomic E-state index is 9.63. The highest BCUT2D eigenvalue weighted by Crippen LogP contribution is 2.12. The van der Waals surface area contributed by atoms with Crippen LogP contribution in [0, 0.1) is 0 Å². The maximum Gasteiger partial charge on any atom is 0.0616 e. The molecule has 0 aliphatic heterocycles. The molecule has 0 bridgehead atoms. The minimum absolute atomic E-state index is 0.409. The number of nitrogens with one attached hydrogen (secondary N) is 1. The molecule has 0 aromatic carbocycles. The van der Waals surface area contributed by atoms with Gasteiger partial charge in [0, 0.05) is 13.0 Å². The van der Waals surface area contributed by atoms with Gasteiger partial charge in [0.2, 0.25) is 0 Å². The molecule has 3 nitrogen and oxygen atoms in total. The van der Waals surface area contributed by atoms with E-state index in [1.54, 1.807) is 13.8 Å². The van der Waals surface area contributed by atoms with Gasteiger partial charge in [0.05, 0.1) is 11.7 Å². The van der Waals surface area contributed by atoms with Gasteiger partial charge < -0.3 is 15.5 Å². The molecule has 0 aromatic rings. The molecule has 0 amide bonds. The van der Waals surface area contributed by atoms with E-state index in [4.69, 9.17) is 0 Å². The summed E-state index contributed by atoms with van der Waals surface area (Å²) in [6, 6.07) is 0. The Morgan fingerprint density at radius 2 is 2.12 bits per heavy atom. The molecule has 3 heteroatoms. The van der Waals surface area contributed by atoms with Crippen LogP contribution in [0.4, 0.5) is 0 Å². The second-order valence-corrected chi connectivity index (χ2v) is 4.70. The van der Waals surface area contributed by atoms with E-state index in [9.17, 15) is 10.2 Å². The van der Waals surface area contributed by atoms with Gasteiger partial charge in [0.25, 0.3) is 0 Å². The van der Waals surface area contributed by atoms with E-state index in [1.807, 2.05) is 19.1 Å². The predicted octanol–water partition coefficient (Wildman–Crippen LogP) is 1.62. The average Bonchev–Trinajstić information content (AvgIpc) is 2.15. The van der Waals surface area contributed by atoms with E-state index >= 15 is 0 Å². The summed E-state index contributed by atoms with van der Waals surface area (Å²) < 4.78 is 0. The molecule has 1 atom stereocenters. The highest BCUT2D eigenvalue weighted by molar-refractivity contribution is 5.16. The lowest BCUT2D eigenvalue weighted by molar-refractivity contribution is 0.0161. The van der Waals surface area contributed by atoms with Gasteiger partial charge in [-0.2, -0.15) is 0 Å². The third-order valence-corrected chi connectivity index (χ3v) is 2.35. The third-order valence-electron chi connectivity index (χ3n) is 2.35. The summed E-state index contributed by atoms with van der Waals surface area (Å²) in [6.07, 6.45) is 4.43. The first-order valence-corrected chi connectivity index (χ1v) is 5.78. The van der Waals surface area contributed by atoms with E-state index in [-0.39, 0.29) is 0 Å². The van der Waals surface area contributed by atoms with Crippen LogP contribution in [0.2, 0.25) is 0 Å².